The maximum absolute atomic E-state index is 12.6. The summed E-state index contributed by atoms with van der Waals surface area (Å²) >= 11 is 12.1. The van der Waals surface area contributed by atoms with Crippen LogP contribution in [0.4, 0.5) is 0 Å². The van der Waals surface area contributed by atoms with Crippen LogP contribution in [0.1, 0.15) is 93.7 Å². The van der Waals surface area contributed by atoms with Crippen molar-refractivity contribution >= 4 is 46.8 Å². The smallest absolute Gasteiger partial charge is 0.220 e. The van der Waals surface area contributed by atoms with Gasteiger partial charge >= 0.3 is 0 Å². The molecule has 0 radical (unpaired) electrons. The first kappa shape index (κ1) is 54.6. The highest BCUT2D eigenvalue weighted by Gasteiger charge is 2.42. The molecule has 2 saturated carbocycles. The third-order valence-electron chi connectivity index (χ3n) is 15.2. The number of benzene rings is 3. The summed E-state index contributed by atoms with van der Waals surface area (Å²) in [6, 6.07) is 26.9. The highest BCUT2D eigenvalue weighted by atomic mass is 35.5. The van der Waals surface area contributed by atoms with Gasteiger partial charge in [0.05, 0.1) is 39.6 Å². The van der Waals surface area contributed by atoms with Crippen molar-refractivity contribution in [2.45, 2.75) is 120 Å². The van der Waals surface area contributed by atoms with Gasteiger partial charge in [0.25, 0.3) is 0 Å². The second-order valence-electron chi connectivity index (χ2n) is 20.0. The second-order valence-corrected chi connectivity index (χ2v) is 20.8. The van der Waals surface area contributed by atoms with Crippen LogP contribution in [0, 0.1) is 0 Å². The number of halogens is 2. The fraction of sp³-hybridized carbons (Fsp3) is 0.600. The molecule has 0 spiro atoms. The molecular weight excluding hydrogens is 942 g/mol. The number of ether oxygens (including phenoxy) is 3. The molecule has 2 aliphatic carbocycles. The van der Waals surface area contributed by atoms with Crippen LogP contribution in [-0.2, 0) is 52.8 Å². The molecule has 0 unspecified atom stereocenters. The standard InChI is InChI=1S/C28H35Cl2N3O3.C27H42N4O4/c29-23-6-7-25(30)22(18-23)20-31-26(34)8-9-27(35)32-24-10-12-28(13-11-24,33-14-16-36-17-15-33)19-21-4-2-1-3-5-21;32-25(28-12-13-30-14-18-34-19-15-30)6-7-26(33)29-24-8-10-27(11-9-24,31-16-20-35-21-17-31)22-23-4-2-1-3-5-23/h1-7,18,24H,8-17,19-20H2,(H,31,34)(H,32,35);1-5,24H,6-22H2,(H,28,32)(H,29,33). The number of hydrogen-bond acceptors (Lipinski definition) is 10. The minimum absolute atomic E-state index is 0.0136. The van der Waals surface area contributed by atoms with Crippen LogP contribution >= 0.6 is 23.2 Å². The molecule has 14 nitrogen and oxygen atoms in total. The Morgan fingerprint density at radius 3 is 1.42 bits per heavy atom. The van der Waals surface area contributed by atoms with Crippen molar-refractivity contribution in [3.05, 3.63) is 106 Å². The Morgan fingerprint density at radius 2 is 0.958 bits per heavy atom. The number of rotatable bonds is 19. The number of nitrogens with zero attached hydrogens (tertiary/aromatic N) is 3. The molecule has 0 aromatic heterocycles. The van der Waals surface area contributed by atoms with E-state index in [1.54, 1.807) is 18.2 Å². The summed E-state index contributed by atoms with van der Waals surface area (Å²) in [5.41, 5.74) is 3.72. The van der Waals surface area contributed by atoms with Crippen molar-refractivity contribution < 1.29 is 33.4 Å². The molecule has 16 heteroatoms. The summed E-state index contributed by atoms with van der Waals surface area (Å²) in [6.45, 7) is 12.1. The van der Waals surface area contributed by atoms with Crippen molar-refractivity contribution in [3.8, 4) is 0 Å². The van der Waals surface area contributed by atoms with Crippen LogP contribution in [0.5, 0.6) is 0 Å². The number of amides is 4. The van der Waals surface area contributed by atoms with E-state index in [1.807, 2.05) is 0 Å². The fourth-order valence-electron chi connectivity index (χ4n) is 11.1. The Kier molecular flexibility index (Phi) is 21.8. The Morgan fingerprint density at radius 1 is 0.535 bits per heavy atom. The Balaban J connectivity index is 0.000000209. The van der Waals surface area contributed by atoms with Crippen molar-refractivity contribution in [1.82, 2.24) is 36.0 Å². The zero-order valence-electron chi connectivity index (χ0n) is 41.6. The van der Waals surface area contributed by atoms with Gasteiger partial charge < -0.3 is 35.5 Å². The molecule has 3 aliphatic heterocycles. The van der Waals surface area contributed by atoms with E-state index in [4.69, 9.17) is 37.4 Å². The molecule has 5 aliphatic rings. The average molecular weight is 1020 g/mol. The van der Waals surface area contributed by atoms with E-state index < -0.39 is 0 Å². The topological polar surface area (TPSA) is 154 Å². The van der Waals surface area contributed by atoms with Gasteiger partial charge in [0.2, 0.25) is 23.6 Å². The summed E-state index contributed by atoms with van der Waals surface area (Å²) < 4.78 is 16.6. The van der Waals surface area contributed by atoms with E-state index in [9.17, 15) is 19.2 Å². The van der Waals surface area contributed by atoms with Crippen molar-refractivity contribution in [3.63, 3.8) is 0 Å². The van der Waals surface area contributed by atoms with Gasteiger partial charge in [-0.05, 0) is 99.1 Å². The monoisotopic (exact) mass is 1020 g/mol. The zero-order chi connectivity index (χ0) is 49.7. The maximum Gasteiger partial charge on any atom is 0.220 e. The first-order chi connectivity index (χ1) is 34.6. The molecular formula is C55H77Cl2N7O7. The van der Waals surface area contributed by atoms with E-state index >= 15 is 0 Å². The number of morpholine rings is 3. The van der Waals surface area contributed by atoms with E-state index in [0.29, 0.717) is 16.6 Å². The van der Waals surface area contributed by atoms with Gasteiger partial charge in [0, 0.05) is 118 Å². The molecule has 388 valence electrons. The van der Waals surface area contributed by atoms with Crippen LogP contribution in [-0.4, -0.2) is 153 Å². The number of carbonyl (C=O) groups is 4. The van der Waals surface area contributed by atoms with Crippen LogP contribution in [0.15, 0.2) is 78.9 Å². The van der Waals surface area contributed by atoms with Crippen molar-refractivity contribution in [2.24, 2.45) is 0 Å². The third-order valence-corrected chi connectivity index (χ3v) is 15.8. The molecule has 4 N–H and O–H groups in total. The van der Waals surface area contributed by atoms with Gasteiger partial charge in [-0.3, -0.25) is 33.9 Å². The van der Waals surface area contributed by atoms with Crippen LogP contribution in [0.25, 0.3) is 0 Å². The van der Waals surface area contributed by atoms with Crippen molar-refractivity contribution in [2.75, 3.05) is 92.0 Å². The lowest BCUT2D eigenvalue weighted by Gasteiger charge is -2.50. The Bertz CT molecular complexity index is 2100. The second kappa shape index (κ2) is 28.4. The molecule has 0 atom stereocenters. The molecule has 71 heavy (non-hydrogen) atoms. The lowest BCUT2D eigenvalue weighted by molar-refractivity contribution is -0.127. The summed E-state index contributed by atoms with van der Waals surface area (Å²) in [4.78, 5) is 57.1. The normalized spacial score (nSPS) is 24.4. The summed E-state index contributed by atoms with van der Waals surface area (Å²) in [5, 5.41) is 13.2. The van der Waals surface area contributed by atoms with Gasteiger partial charge in [-0.15, -0.1) is 0 Å². The first-order valence-corrected chi connectivity index (χ1v) is 26.9. The van der Waals surface area contributed by atoms with Gasteiger partial charge in [-0.25, -0.2) is 0 Å². The SMILES string of the molecule is O=C(CCC(=O)NC1CCC(Cc2ccccc2)(N2CCOCC2)CC1)NCCN1CCOCC1.O=C(CCC(=O)NC1CCC(Cc2ccccc2)(N2CCOCC2)CC1)NCc1cc(Cl)ccc1Cl. The van der Waals surface area contributed by atoms with E-state index in [-0.39, 0.29) is 79.0 Å². The molecule has 5 fully saturated rings. The average Bonchev–Trinajstić information content (AvgIpc) is 3.40. The first-order valence-electron chi connectivity index (χ1n) is 26.2. The van der Waals surface area contributed by atoms with E-state index in [0.717, 1.165) is 155 Å². The van der Waals surface area contributed by atoms with Gasteiger partial charge in [-0.1, -0.05) is 83.9 Å². The van der Waals surface area contributed by atoms with E-state index in [2.05, 4.69) is 96.6 Å². The predicted octanol–water partition coefficient (Wildman–Crippen LogP) is 6.35. The fourth-order valence-corrected chi connectivity index (χ4v) is 11.5. The van der Waals surface area contributed by atoms with Crippen LogP contribution < -0.4 is 21.3 Å². The number of nitrogens with one attached hydrogen (secondary N) is 4. The molecule has 3 aromatic rings. The number of carbonyl (C=O) groups excluding carboxylic acids is 4. The molecule has 3 saturated heterocycles. The minimum atomic E-state index is -0.181. The minimum Gasteiger partial charge on any atom is -0.379 e. The van der Waals surface area contributed by atoms with E-state index in [1.165, 1.54) is 11.1 Å². The van der Waals surface area contributed by atoms with Crippen LogP contribution in [0.3, 0.4) is 0 Å². The lowest BCUT2D eigenvalue weighted by atomic mass is 9.74. The van der Waals surface area contributed by atoms with Crippen molar-refractivity contribution in [1.29, 1.82) is 0 Å². The molecule has 3 aromatic carbocycles. The van der Waals surface area contributed by atoms with Gasteiger partial charge in [-0.2, -0.15) is 0 Å². The molecule has 4 amide bonds. The Labute approximate surface area is 431 Å². The van der Waals surface area contributed by atoms with Gasteiger partial charge in [0.15, 0.2) is 0 Å². The summed E-state index contributed by atoms with van der Waals surface area (Å²) in [5.74, 6) is -0.316. The number of hydrogen-bond donors (Lipinski definition) is 4. The highest BCUT2D eigenvalue weighted by molar-refractivity contribution is 6.33. The molecule has 8 rings (SSSR count). The quantitative estimate of drug-likeness (QED) is 0.107. The lowest BCUT2D eigenvalue weighted by Crippen LogP contribution is -2.58. The summed E-state index contributed by atoms with van der Waals surface area (Å²) in [7, 11) is 0. The Hall–Kier alpha value is -4.12. The summed E-state index contributed by atoms with van der Waals surface area (Å²) in [6.07, 6.45) is 10.9. The predicted molar refractivity (Wildman–Crippen MR) is 278 cm³/mol. The molecule has 3 heterocycles. The third kappa shape index (κ3) is 17.5. The molecule has 0 bridgehead atoms. The van der Waals surface area contributed by atoms with Crippen LogP contribution in [0.2, 0.25) is 10.0 Å². The highest BCUT2D eigenvalue weighted by Crippen LogP contribution is 2.39. The zero-order valence-corrected chi connectivity index (χ0v) is 43.1. The van der Waals surface area contributed by atoms with Gasteiger partial charge in [0.1, 0.15) is 0 Å². The maximum atomic E-state index is 12.6. The largest absolute Gasteiger partial charge is 0.379 e.